The lowest BCUT2D eigenvalue weighted by Gasteiger charge is -2.57. The van der Waals surface area contributed by atoms with Gasteiger partial charge < -0.3 is 0 Å². The molecule has 0 aromatic heterocycles. The Labute approximate surface area is 107 Å². The maximum Gasteiger partial charge on any atom is 0.355 e. The van der Waals surface area contributed by atoms with Gasteiger partial charge in [-0.2, -0.15) is 13.2 Å². The Balaban J connectivity index is 6.37. The molecule has 0 saturated heterocycles. The van der Waals surface area contributed by atoms with E-state index in [0.29, 0.717) is 0 Å². The molecule has 0 nitrogen and oxygen atoms in total. The first-order valence-electron chi connectivity index (χ1n) is 6.07. The number of hydrogen-bond donors (Lipinski definition) is 0. The van der Waals surface area contributed by atoms with Crippen LogP contribution in [0.3, 0.4) is 0 Å². The van der Waals surface area contributed by atoms with E-state index in [2.05, 4.69) is 0 Å². The predicted molar refractivity (Wildman–Crippen MR) is 81.8 cm³/mol. The van der Waals surface area contributed by atoms with Gasteiger partial charge in [0.25, 0.3) is 0 Å². The maximum absolute atomic E-state index is 14.0. The van der Waals surface area contributed by atoms with Crippen LogP contribution in [0.4, 0.5) is 13.2 Å². The summed E-state index contributed by atoms with van der Waals surface area (Å²) in [7, 11) is -6.62. The molecule has 0 spiro atoms. The van der Waals surface area contributed by atoms with Crippen molar-refractivity contribution in [3.8, 4) is 0 Å². The van der Waals surface area contributed by atoms with Crippen LogP contribution in [-0.4, -0.2) is 35.2 Å². The molecule has 7 heteroatoms. The Morgan fingerprint density at radius 2 is 0.706 bits per heavy atom. The van der Waals surface area contributed by atoms with Crippen molar-refractivity contribution in [2.75, 3.05) is 0 Å². The normalized spacial score (nSPS) is 16.2. The molecule has 0 rings (SSSR count). The van der Waals surface area contributed by atoms with Gasteiger partial charge in [-0.25, -0.2) is 0 Å². The molecule has 17 heavy (non-hydrogen) atoms. The van der Waals surface area contributed by atoms with Gasteiger partial charge in [0, 0.05) is 22.8 Å². The van der Waals surface area contributed by atoms with E-state index in [9.17, 15) is 13.2 Å². The minimum atomic E-state index is -3.91. The Bertz CT molecular complexity index is 216. The van der Waals surface area contributed by atoms with Crippen molar-refractivity contribution in [1.29, 1.82) is 0 Å². The van der Waals surface area contributed by atoms with Gasteiger partial charge in [-0.05, 0) is 0 Å². The quantitative estimate of drug-likeness (QED) is 0.657. The second kappa shape index (κ2) is 4.34. The highest BCUT2D eigenvalue weighted by Crippen LogP contribution is 2.47. The molecule has 0 unspecified atom stereocenters. The zero-order chi connectivity index (χ0) is 14.5. The number of hydrogen-bond acceptors (Lipinski definition) is 0. The third kappa shape index (κ3) is 2.66. The molecule has 0 aromatic carbocycles. The molecule has 0 N–H and O–H groups in total. The van der Waals surface area contributed by atoms with Crippen LogP contribution in [0.1, 0.15) is 0 Å². The summed E-state index contributed by atoms with van der Waals surface area (Å²) in [5, 5.41) is 0. The fraction of sp³-hybridized carbons (Fsp3) is 1.00. The fourth-order valence-electron chi connectivity index (χ4n) is 4.65. The summed E-state index contributed by atoms with van der Waals surface area (Å²) < 4.78 is 42.1. The van der Waals surface area contributed by atoms with E-state index < -0.39 is 35.2 Å². The SMILES string of the molecule is C[Si](C)(C)[Si](C(F)(F)F)([Si](C)(C)C)[Si](C)(C)C. The summed E-state index contributed by atoms with van der Waals surface area (Å²) in [5.41, 5.74) is 0. The summed E-state index contributed by atoms with van der Waals surface area (Å²) in [4.78, 5) is 0. The third-order valence-corrected chi connectivity index (χ3v) is 74.7. The lowest BCUT2D eigenvalue weighted by atomic mass is 11.5. The molecule has 0 heterocycles. The second-order valence-corrected chi connectivity index (χ2v) is 48.3. The van der Waals surface area contributed by atoms with Gasteiger partial charge in [-0.1, -0.05) is 58.9 Å². The van der Waals surface area contributed by atoms with Gasteiger partial charge in [0.05, 0.1) is 0 Å². The van der Waals surface area contributed by atoms with Gasteiger partial charge in [0.15, 0.2) is 6.63 Å². The first kappa shape index (κ1) is 17.7. The van der Waals surface area contributed by atoms with Crippen molar-refractivity contribution in [3.63, 3.8) is 0 Å². The Hall–Kier alpha value is 0.658. The van der Waals surface area contributed by atoms with E-state index in [1.165, 1.54) is 0 Å². The summed E-state index contributed by atoms with van der Waals surface area (Å²) in [6, 6.07) is 0. The van der Waals surface area contributed by atoms with Crippen LogP contribution in [-0.2, 0) is 0 Å². The van der Waals surface area contributed by atoms with Crippen molar-refractivity contribution in [3.05, 3.63) is 0 Å². The van der Waals surface area contributed by atoms with E-state index in [0.717, 1.165) is 0 Å². The molecule has 0 aliphatic rings. The summed E-state index contributed by atoms with van der Waals surface area (Å²) in [6.45, 7) is 14.5. The van der Waals surface area contributed by atoms with Gasteiger partial charge in [-0.3, -0.25) is 0 Å². The number of alkyl halides is 3. The zero-order valence-corrected chi connectivity index (χ0v) is 16.6. The molecule has 0 saturated carbocycles. The standard InChI is InChI=1S/C10H27F3Si4/c1-14(2,3)17(10(11,12)13,15(4,5)6)16(7,8)9/h1-9H3. The van der Waals surface area contributed by atoms with Crippen LogP contribution in [0.2, 0.25) is 58.9 Å². The molecular weight excluding hydrogens is 289 g/mol. The van der Waals surface area contributed by atoms with E-state index in [4.69, 9.17) is 0 Å². The molecule has 0 aromatic rings. The molecule has 0 aliphatic carbocycles. The topological polar surface area (TPSA) is 0 Å². The molecule has 0 bridgehead atoms. The number of halogens is 3. The average molecular weight is 317 g/mol. The van der Waals surface area contributed by atoms with Crippen molar-refractivity contribution in [2.45, 2.75) is 64.7 Å². The second-order valence-electron chi connectivity index (χ2n) is 8.00. The highest BCUT2D eigenvalue weighted by Gasteiger charge is 2.75. The summed E-state index contributed by atoms with van der Waals surface area (Å²) in [5.74, 6) is -3.91. The zero-order valence-electron chi connectivity index (χ0n) is 12.6. The fourth-order valence-corrected chi connectivity index (χ4v) is 103. The van der Waals surface area contributed by atoms with E-state index in [1.807, 2.05) is 58.9 Å². The van der Waals surface area contributed by atoms with E-state index >= 15 is 0 Å². The molecule has 0 amide bonds. The van der Waals surface area contributed by atoms with Crippen LogP contribution in [0.15, 0.2) is 0 Å². The maximum atomic E-state index is 14.0. The highest BCUT2D eigenvalue weighted by atomic mass is 29.9. The Morgan fingerprint density at radius 1 is 0.529 bits per heavy atom. The predicted octanol–water partition coefficient (Wildman–Crippen LogP) is 4.79. The van der Waals surface area contributed by atoms with E-state index in [1.54, 1.807) is 0 Å². The molecule has 0 fully saturated rings. The van der Waals surface area contributed by atoms with Crippen LogP contribution >= 0.6 is 0 Å². The summed E-state index contributed by atoms with van der Waals surface area (Å²) >= 11 is 0. The average Bonchev–Trinajstić information content (AvgIpc) is 1.67. The number of rotatable bonds is 3. The monoisotopic (exact) mass is 316 g/mol. The molecule has 0 atom stereocenters. The van der Waals surface area contributed by atoms with Crippen molar-refractivity contribution in [1.82, 2.24) is 0 Å². The first-order valence-corrected chi connectivity index (χ1v) is 21.6. The largest absolute Gasteiger partial charge is 0.355 e. The van der Waals surface area contributed by atoms with Crippen LogP contribution in [0, 0.1) is 0 Å². The van der Waals surface area contributed by atoms with Crippen molar-refractivity contribution < 1.29 is 13.2 Å². The molecular formula is C10H27F3Si4. The summed E-state index contributed by atoms with van der Waals surface area (Å²) in [6.07, 6.45) is 0. The van der Waals surface area contributed by atoms with Crippen LogP contribution in [0.25, 0.3) is 0 Å². The van der Waals surface area contributed by atoms with Gasteiger partial charge in [0.2, 0.25) is 0 Å². The minimum absolute atomic E-state index is 1.96. The van der Waals surface area contributed by atoms with Crippen LogP contribution in [0.5, 0.6) is 0 Å². The smallest absolute Gasteiger partial charge is 0.178 e. The van der Waals surface area contributed by atoms with Gasteiger partial charge in [0.1, 0.15) is 0 Å². The lowest BCUT2D eigenvalue weighted by Crippen LogP contribution is -2.89. The highest BCUT2D eigenvalue weighted by molar-refractivity contribution is 7.89. The minimum Gasteiger partial charge on any atom is -0.178 e. The Morgan fingerprint density at radius 3 is 0.706 bits per heavy atom. The van der Waals surface area contributed by atoms with E-state index in [-0.39, 0.29) is 0 Å². The van der Waals surface area contributed by atoms with Gasteiger partial charge in [-0.15, -0.1) is 0 Å². The Kier molecular flexibility index (Phi) is 4.51. The van der Waals surface area contributed by atoms with Crippen molar-refractivity contribution >= 4 is 29.4 Å². The lowest BCUT2D eigenvalue weighted by molar-refractivity contribution is -0.0493. The van der Waals surface area contributed by atoms with Crippen LogP contribution < -0.4 is 0 Å². The molecule has 0 aliphatic heterocycles. The van der Waals surface area contributed by atoms with Gasteiger partial charge >= 0.3 is 5.80 Å². The molecule has 104 valence electrons. The van der Waals surface area contributed by atoms with Crippen molar-refractivity contribution in [2.24, 2.45) is 0 Å². The third-order valence-electron chi connectivity index (χ3n) is 3.80. The molecule has 0 radical (unpaired) electrons. The first-order chi connectivity index (χ1) is 7.00.